The number of hydrogen-bond acceptors (Lipinski definition) is 4. The lowest BCUT2D eigenvalue weighted by atomic mass is 10.3. The van der Waals surface area contributed by atoms with E-state index in [9.17, 15) is 4.79 Å². The molecule has 3 N–H and O–H groups in total. The van der Waals surface area contributed by atoms with Crippen LogP contribution < -0.4 is 20.7 Å². The van der Waals surface area contributed by atoms with Gasteiger partial charge in [0.05, 0.1) is 19.8 Å². The number of ether oxygens (including phenoxy) is 2. The van der Waals surface area contributed by atoms with Gasteiger partial charge in [-0.15, -0.1) is 0 Å². The van der Waals surface area contributed by atoms with Crippen LogP contribution in [0, 0.1) is 0 Å². The minimum absolute atomic E-state index is 0.0374. The fourth-order valence-corrected chi connectivity index (χ4v) is 1.81. The predicted octanol–water partition coefficient (Wildman–Crippen LogP) is 0.805. The molecule has 19 heavy (non-hydrogen) atoms. The van der Waals surface area contributed by atoms with Gasteiger partial charge in [-0.1, -0.05) is 0 Å². The minimum atomic E-state index is -0.237. The van der Waals surface area contributed by atoms with Crippen molar-refractivity contribution in [2.45, 2.75) is 6.10 Å². The van der Waals surface area contributed by atoms with Crippen LogP contribution in [0.25, 0.3) is 0 Å². The maximum atomic E-state index is 11.7. The summed E-state index contributed by atoms with van der Waals surface area (Å²) in [5, 5.41) is 8.74. The number of methoxy groups -OCH3 is 1. The highest BCUT2D eigenvalue weighted by Crippen LogP contribution is 2.14. The van der Waals surface area contributed by atoms with Crippen molar-refractivity contribution in [3.8, 4) is 5.75 Å². The van der Waals surface area contributed by atoms with Gasteiger partial charge in [-0.2, -0.15) is 0 Å². The molecular formula is C13H19N3O3. The van der Waals surface area contributed by atoms with Crippen LogP contribution in [0.5, 0.6) is 5.75 Å². The number of morpholine rings is 1. The average Bonchev–Trinajstić information content (AvgIpc) is 2.47. The molecule has 0 spiro atoms. The summed E-state index contributed by atoms with van der Waals surface area (Å²) in [6, 6.07) is 6.93. The zero-order valence-corrected chi connectivity index (χ0v) is 10.9. The van der Waals surface area contributed by atoms with Crippen molar-refractivity contribution in [3.63, 3.8) is 0 Å². The summed E-state index contributed by atoms with van der Waals surface area (Å²) in [6.45, 7) is 2.82. The van der Waals surface area contributed by atoms with Gasteiger partial charge < -0.3 is 25.4 Å². The number of amides is 2. The molecule has 1 atom stereocenters. The Kier molecular flexibility index (Phi) is 5.00. The van der Waals surface area contributed by atoms with E-state index in [0.717, 1.165) is 24.5 Å². The van der Waals surface area contributed by atoms with Crippen molar-refractivity contribution in [1.82, 2.24) is 10.6 Å². The van der Waals surface area contributed by atoms with Crippen molar-refractivity contribution in [2.24, 2.45) is 0 Å². The fourth-order valence-electron chi connectivity index (χ4n) is 1.81. The van der Waals surface area contributed by atoms with Crippen LogP contribution in [-0.4, -0.2) is 45.5 Å². The molecule has 0 radical (unpaired) electrons. The van der Waals surface area contributed by atoms with Gasteiger partial charge >= 0.3 is 6.03 Å². The standard InChI is InChI=1S/C13H19N3O3/c1-18-11-4-2-10(3-5-11)16-13(17)15-9-12-8-14-6-7-19-12/h2-5,12,14H,6-9H2,1H3,(H2,15,16,17). The molecule has 1 fully saturated rings. The van der Waals surface area contributed by atoms with Crippen molar-refractivity contribution in [3.05, 3.63) is 24.3 Å². The monoisotopic (exact) mass is 265 g/mol. The summed E-state index contributed by atoms with van der Waals surface area (Å²) >= 11 is 0. The van der Waals surface area contributed by atoms with E-state index >= 15 is 0 Å². The number of carbonyl (C=O) groups excluding carboxylic acids is 1. The molecule has 2 amide bonds. The third kappa shape index (κ3) is 4.42. The lowest BCUT2D eigenvalue weighted by Crippen LogP contribution is -2.45. The van der Waals surface area contributed by atoms with E-state index in [0.29, 0.717) is 13.2 Å². The topological polar surface area (TPSA) is 71.6 Å². The zero-order chi connectivity index (χ0) is 13.5. The Morgan fingerprint density at radius 1 is 1.47 bits per heavy atom. The molecule has 6 nitrogen and oxygen atoms in total. The normalized spacial score (nSPS) is 18.7. The molecule has 0 saturated carbocycles. The molecule has 0 bridgehead atoms. The van der Waals surface area contributed by atoms with E-state index in [1.807, 2.05) is 0 Å². The van der Waals surface area contributed by atoms with E-state index in [-0.39, 0.29) is 12.1 Å². The molecule has 1 aliphatic rings. The Morgan fingerprint density at radius 3 is 2.89 bits per heavy atom. The molecule has 104 valence electrons. The van der Waals surface area contributed by atoms with E-state index < -0.39 is 0 Å². The molecule has 1 heterocycles. The van der Waals surface area contributed by atoms with Crippen LogP contribution in [0.1, 0.15) is 0 Å². The SMILES string of the molecule is COc1ccc(NC(=O)NCC2CNCCO2)cc1. The summed E-state index contributed by atoms with van der Waals surface area (Å²) in [5.41, 5.74) is 0.723. The molecule has 0 aromatic heterocycles. The number of benzene rings is 1. The van der Waals surface area contributed by atoms with E-state index in [1.165, 1.54) is 0 Å². The summed E-state index contributed by atoms with van der Waals surface area (Å²) in [5.74, 6) is 0.757. The van der Waals surface area contributed by atoms with Crippen LogP contribution in [-0.2, 0) is 4.74 Å². The summed E-state index contributed by atoms with van der Waals surface area (Å²) in [7, 11) is 1.60. The van der Waals surface area contributed by atoms with E-state index in [2.05, 4.69) is 16.0 Å². The molecule has 1 unspecified atom stereocenters. The van der Waals surface area contributed by atoms with Gasteiger partial charge in [0, 0.05) is 25.3 Å². The van der Waals surface area contributed by atoms with Crippen LogP contribution in [0.3, 0.4) is 0 Å². The second-order valence-electron chi connectivity index (χ2n) is 4.26. The second kappa shape index (κ2) is 6.96. The molecule has 0 aliphatic carbocycles. The van der Waals surface area contributed by atoms with Gasteiger partial charge in [0.1, 0.15) is 5.75 Å². The first-order chi connectivity index (χ1) is 9.28. The number of nitrogens with one attached hydrogen (secondary N) is 3. The van der Waals surface area contributed by atoms with Crippen LogP contribution in [0.15, 0.2) is 24.3 Å². The first-order valence-corrected chi connectivity index (χ1v) is 6.29. The highest BCUT2D eigenvalue weighted by atomic mass is 16.5. The number of anilines is 1. The van der Waals surface area contributed by atoms with Gasteiger partial charge in [0.15, 0.2) is 0 Å². The zero-order valence-electron chi connectivity index (χ0n) is 10.9. The molecule has 1 aromatic rings. The third-order valence-corrected chi connectivity index (χ3v) is 2.84. The van der Waals surface area contributed by atoms with E-state index in [4.69, 9.17) is 9.47 Å². The lowest BCUT2D eigenvalue weighted by Gasteiger charge is -2.23. The van der Waals surface area contributed by atoms with Gasteiger partial charge in [0.25, 0.3) is 0 Å². The Labute approximate surface area is 112 Å². The van der Waals surface area contributed by atoms with Crippen molar-refractivity contribution in [1.29, 1.82) is 0 Å². The first-order valence-electron chi connectivity index (χ1n) is 6.29. The van der Waals surface area contributed by atoms with Crippen LogP contribution in [0.2, 0.25) is 0 Å². The van der Waals surface area contributed by atoms with Crippen molar-refractivity contribution in [2.75, 3.05) is 38.7 Å². The van der Waals surface area contributed by atoms with Crippen molar-refractivity contribution >= 4 is 11.7 Å². The molecule has 6 heteroatoms. The highest BCUT2D eigenvalue weighted by Gasteiger charge is 2.14. The minimum Gasteiger partial charge on any atom is -0.497 e. The van der Waals surface area contributed by atoms with Gasteiger partial charge in [-0.3, -0.25) is 0 Å². The van der Waals surface area contributed by atoms with Gasteiger partial charge in [-0.25, -0.2) is 4.79 Å². The largest absolute Gasteiger partial charge is 0.497 e. The summed E-state index contributed by atoms with van der Waals surface area (Å²) in [4.78, 5) is 11.7. The quantitative estimate of drug-likeness (QED) is 0.753. The predicted molar refractivity (Wildman–Crippen MR) is 72.6 cm³/mol. The Balaban J connectivity index is 1.73. The third-order valence-electron chi connectivity index (χ3n) is 2.84. The molecule has 2 rings (SSSR count). The average molecular weight is 265 g/mol. The maximum absolute atomic E-state index is 11.7. The first kappa shape index (κ1) is 13.6. The van der Waals surface area contributed by atoms with Gasteiger partial charge in [0.2, 0.25) is 0 Å². The lowest BCUT2D eigenvalue weighted by molar-refractivity contribution is 0.0310. The second-order valence-corrected chi connectivity index (χ2v) is 4.26. The Bertz CT molecular complexity index is 402. The fraction of sp³-hybridized carbons (Fsp3) is 0.462. The molecule has 1 saturated heterocycles. The Morgan fingerprint density at radius 2 is 2.26 bits per heavy atom. The number of hydrogen-bond donors (Lipinski definition) is 3. The van der Waals surface area contributed by atoms with Crippen molar-refractivity contribution < 1.29 is 14.3 Å². The van der Waals surface area contributed by atoms with E-state index in [1.54, 1.807) is 31.4 Å². The number of carbonyl (C=O) groups is 1. The van der Waals surface area contributed by atoms with Gasteiger partial charge in [-0.05, 0) is 24.3 Å². The number of rotatable bonds is 4. The smallest absolute Gasteiger partial charge is 0.319 e. The number of urea groups is 1. The molecule has 1 aliphatic heterocycles. The highest BCUT2D eigenvalue weighted by molar-refractivity contribution is 5.89. The molecule has 1 aromatic carbocycles. The van der Waals surface area contributed by atoms with Crippen LogP contribution >= 0.6 is 0 Å². The summed E-state index contributed by atoms with van der Waals surface area (Å²) in [6.07, 6.45) is 0.0374. The Hall–Kier alpha value is -1.79. The summed E-state index contributed by atoms with van der Waals surface area (Å²) < 4.78 is 10.5. The maximum Gasteiger partial charge on any atom is 0.319 e. The molecular weight excluding hydrogens is 246 g/mol. The van der Waals surface area contributed by atoms with Crippen LogP contribution in [0.4, 0.5) is 10.5 Å².